The van der Waals surface area contributed by atoms with E-state index in [2.05, 4.69) is 0 Å². The molecule has 1 heterocycles. The minimum absolute atomic E-state index is 0.299. The summed E-state index contributed by atoms with van der Waals surface area (Å²) in [4.78, 5) is 10.9. The second kappa shape index (κ2) is 6.58. The molecule has 0 saturated carbocycles. The van der Waals surface area contributed by atoms with Crippen molar-refractivity contribution in [2.75, 3.05) is 5.75 Å². The molecule has 2 aromatic rings. The average molecular weight is 313 g/mol. The number of rotatable bonds is 5. The number of carbonyl (C=O) groups excluding carboxylic acids is 1. The summed E-state index contributed by atoms with van der Waals surface area (Å²) in [5.41, 5.74) is 7.20. The molecule has 0 aliphatic carbocycles. The number of amides is 1. The maximum atomic E-state index is 10.9. The van der Waals surface area contributed by atoms with Crippen LogP contribution >= 0.6 is 11.8 Å². The standard InChI is InChI=1S/C17H15NO3S/c18-17(19)11-22-10-12-5-1-2-6-13(12)16-9-20-14-7-3-4-8-15(14)21-16/h1-9H,10-11H2,(H2,18,19). The Morgan fingerprint density at radius 2 is 1.77 bits per heavy atom. The van der Waals surface area contributed by atoms with E-state index < -0.39 is 0 Å². The smallest absolute Gasteiger partial charge is 0.227 e. The first-order chi connectivity index (χ1) is 10.7. The summed E-state index contributed by atoms with van der Waals surface area (Å²) < 4.78 is 11.5. The number of thioether (sulfide) groups is 1. The molecule has 0 aromatic heterocycles. The third-order valence-electron chi connectivity index (χ3n) is 3.15. The molecule has 0 bridgehead atoms. The van der Waals surface area contributed by atoms with Crippen molar-refractivity contribution in [3.8, 4) is 11.5 Å². The van der Waals surface area contributed by atoms with E-state index in [9.17, 15) is 4.79 Å². The Balaban J connectivity index is 1.81. The van der Waals surface area contributed by atoms with E-state index in [0.717, 1.165) is 11.1 Å². The van der Waals surface area contributed by atoms with E-state index in [1.165, 1.54) is 11.8 Å². The van der Waals surface area contributed by atoms with Crippen LogP contribution in [0.3, 0.4) is 0 Å². The van der Waals surface area contributed by atoms with Crippen molar-refractivity contribution in [3.05, 3.63) is 65.9 Å². The van der Waals surface area contributed by atoms with Gasteiger partial charge >= 0.3 is 0 Å². The van der Waals surface area contributed by atoms with Crippen molar-refractivity contribution < 1.29 is 14.3 Å². The number of hydrogen-bond acceptors (Lipinski definition) is 4. The highest BCUT2D eigenvalue weighted by Crippen LogP contribution is 2.36. The van der Waals surface area contributed by atoms with Gasteiger partial charge in [-0.15, -0.1) is 11.8 Å². The van der Waals surface area contributed by atoms with Crippen LogP contribution < -0.4 is 15.2 Å². The largest absolute Gasteiger partial charge is 0.457 e. The molecule has 112 valence electrons. The van der Waals surface area contributed by atoms with Crippen molar-refractivity contribution in [3.63, 3.8) is 0 Å². The minimum atomic E-state index is -0.312. The van der Waals surface area contributed by atoms with Crippen LogP contribution in [0.15, 0.2) is 54.8 Å². The molecule has 1 aliphatic heterocycles. The third-order valence-corrected chi connectivity index (χ3v) is 4.15. The van der Waals surface area contributed by atoms with Crippen molar-refractivity contribution in [1.29, 1.82) is 0 Å². The predicted molar refractivity (Wildman–Crippen MR) is 87.5 cm³/mol. The molecule has 0 fully saturated rings. The molecule has 1 amide bonds. The van der Waals surface area contributed by atoms with Gasteiger partial charge in [-0.3, -0.25) is 4.79 Å². The van der Waals surface area contributed by atoms with Crippen LogP contribution in [-0.2, 0) is 10.5 Å². The zero-order chi connectivity index (χ0) is 15.4. The SMILES string of the molecule is NC(=O)CSCc1ccccc1C1=COc2ccccc2O1. The summed E-state index contributed by atoms with van der Waals surface area (Å²) in [6, 6.07) is 15.4. The Morgan fingerprint density at radius 3 is 2.59 bits per heavy atom. The number of carbonyl (C=O) groups is 1. The second-order valence-electron chi connectivity index (χ2n) is 4.77. The van der Waals surface area contributed by atoms with E-state index in [-0.39, 0.29) is 5.91 Å². The maximum Gasteiger partial charge on any atom is 0.227 e. The molecule has 2 aromatic carbocycles. The lowest BCUT2D eigenvalue weighted by molar-refractivity contribution is -0.115. The molecular weight excluding hydrogens is 298 g/mol. The highest BCUT2D eigenvalue weighted by atomic mass is 32.2. The molecular formula is C17H15NO3S. The second-order valence-corrected chi connectivity index (χ2v) is 5.75. The monoisotopic (exact) mass is 313 g/mol. The summed E-state index contributed by atoms with van der Waals surface area (Å²) >= 11 is 1.48. The Labute approximate surface area is 132 Å². The van der Waals surface area contributed by atoms with E-state index in [4.69, 9.17) is 15.2 Å². The van der Waals surface area contributed by atoms with Crippen LogP contribution in [0.2, 0.25) is 0 Å². The minimum Gasteiger partial charge on any atom is -0.457 e. The van der Waals surface area contributed by atoms with Crippen LogP contribution in [0.1, 0.15) is 11.1 Å². The van der Waals surface area contributed by atoms with Gasteiger partial charge in [0, 0.05) is 11.3 Å². The summed E-state index contributed by atoms with van der Waals surface area (Å²) in [7, 11) is 0. The molecule has 3 rings (SSSR count). The fraction of sp³-hybridized carbons (Fsp3) is 0.118. The molecule has 2 N–H and O–H groups in total. The number of fused-ring (bicyclic) bond motifs is 1. The fourth-order valence-corrected chi connectivity index (χ4v) is 2.93. The highest BCUT2D eigenvalue weighted by molar-refractivity contribution is 7.99. The summed E-state index contributed by atoms with van der Waals surface area (Å²) in [6.07, 6.45) is 1.61. The van der Waals surface area contributed by atoms with Crippen LogP contribution in [0.4, 0.5) is 0 Å². The average Bonchev–Trinajstić information content (AvgIpc) is 2.54. The van der Waals surface area contributed by atoms with Gasteiger partial charge in [0.25, 0.3) is 0 Å². The van der Waals surface area contributed by atoms with E-state index in [1.54, 1.807) is 6.26 Å². The van der Waals surface area contributed by atoms with Gasteiger partial charge in [0.05, 0.1) is 5.75 Å². The molecule has 0 spiro atoms. The first-order valence-electron chi connectivity index (χ1n) is 6.82. The Hall–Kier alpha value is -2.40. The lowest BCUT2D eigenvalue weighted by Crippen LogP contribution is -2.13. The van der Waals surface area contributed by atoms with E-state index in [1.807, 2.05) is 48.5 Å². The van der Waals surface area contributed by atoms with Gasteiger partial charge in [0.15, 0.2) is 17.3 Å². The first-order valence-corrected chi connectivity index (χ1v) is 7.97. The predicted octanol–water partition coefficient (Wildman–Crippen LogP) is 3.17. The van der Waals surface area contributed by atoms with Crippen molar-refractivity contribution in [2.24, 2.45) is 5.73 Å². The lowest BCUT2D eigenvalue weighted by atomic mass is 10.1. The number of hydrogen-bond donors (Lipinski definition) is 1. The van der Waals surface area contributed by atoms with Crippen LogP contribution in [0.25, 0.3) is 5.76 Å². The quantitative estimate of drug-likeness (QED) is 0.921. The molecule has 4 nitrogen and oxygen atoms in total. The van der Waals surface area contributed by atoms with Crippen LogP contribution in [0, 0.1) is 0 Å². The maximum absolute atomic E-state index is 10.9. The van der Waals surface area contributed by atoms with Crippen LogP contribution in [-0.4, -0.2) is 11.7 Å². The topological polar surface area (TPSA) is 61.6 Å². The summed E-state index contributed by atoms with van der Waals surface area (Å²) in [6.45, 7) is 0. The fourth-order valence-electron chi connectivity index (χ4n) is 2.16. The normalized spacial score (nSPS) is 12.6. The van der Waals surface area contributed by atoms with Crippen LogP contribution in [0.5, 0.6) is 11.5 Å². The van der Waals surface area contributed by atoms with Gasteiger partial charge in [-0.25, -0.2) is 0 Å². The Morgan fingerprint density at radius 1 is 1.05 bits per heavy atom. The number of benzene rings is 2. The molecule has 1 aliphatic rings. The number of primary amides is 1. The number of ether oxygens (including phenoxy) is 2. The molecule has 0 saturated heterocycles. The molecule has 0 atom stereocenters. The first kappa shape index (κ1) is 14.5. The third kappa shape index (κ3) is 3.26. The molecule has 0 radical (unpaired) electrons. The highest BCUT2D eigenvalue weighted by Gasteiger charge is 2.17. The van der Waals surface area contributed by atoms with E-state index >= 15 is 0 Å². The Kier molecular flexibility index (Phi) is 4.34. The van der Waals surface area contributed by atoms with Crippen molar-refractivity contribution in [1.82, 2.24) is 0 Å². The summed E-state index contributed by atoms with van der Waals surface area (Å²) in [5, 5.41) is 0. The molecule has 5 heteroatoms. The van der Waals surface area contributed by atoms with Gasteiger partial charge in [-0.2, -0.15) is 0 Å². The lowest BCUT2D eigenvalue weighted by Gasteiger charge is -2.19. The van der Waals surface area contributed by atoms with Crippen molar-refractivity contribution in [2.45, 2.75) is 5.75 Å². The molecule has 0 unspecified atom stereocenters. The molecule has 22 heavy (non-hydrogen) atoms. The van der Waals surface area contributed by atoms with Gasteiger partial charge in [0.2, 0.25) is 5.91 Å². The van der Waals surface area contributed by atoms with Gasteiger partial charge < -0.3 is 15.2 Å². The van der Waals surface area contributed by atoms with Gasteiger partial charge in [0.1, 0.15) is 6.26 Å². The zero-order valence-electron chi connectivity index (χ0n) is 11.8. The Bertz CT molecular complexity index is 727. The van der Waals surface area contributed by atoms with Gasteiger partial charge in [-0.05, 0) is 17.7 Å². The zero-order valence-corrected chi connectivity index (χ0v) is 12.6. The van der Waals surface area contributed by atoms with Gasteiger partial charge in [-0.1, -0.05) is 36.4 Å². The van der Waals surface area contributed by atoms with Crippen molar-refractivity contribution >= 4 is 23.4 Å². The number of para-hydroxylation sites is 2. The van der Waals surface area contributed by atoms with E-state index in [0.29, 0.717) is 28.8 Å². The number of nitrogens with two attached hydrogens (primary N) is 1. The summed E-state index contributed by atoms with van der Waals surface area (Å²) in [5.74, 6) is 2.72.